The van der Waals surface area contributed by atoms with Gasteiger partial charge in [0.25, 0.3) is 0 Å². The van der Waals surface area contributed by atoms with Crippen LogP contribution in [0, 0.1) is 11.8 Å². The Hall–Kier alpha value is -1.88. The van der Waals surface area contributed by atoms with Crippen LogP contribution in [0.25, 0.3) is 0 Å². The highest BCUT2D eigenvalue weighted by Gasteiger charge is 2.39. The highest BCUT2D eigenvalue weighted by Crippen LogP contribution is 2.31. The fourth-order valence-electron chi connectivity index (χ4n) is 2.54. The second kappa shape index (κ2) is 6.52. The Morgan fingerprint density at radius 1 is 1.15 bits per heavy atom. The molecule has 1 aromatic rings. The summed E-state index contributed by atoms with van der Waals surface area (Å²) in [5, 5.41) is 18.7. The Morgan fingerprint density at radius 3 is 2.50 bits per heavy atom. The molecule has 2 rings (SSSR count). The number of carbonyl (C=O) groups is 2. The molecule has 1 aliphatic carbocycles. The van der Waals surface area contributed by atoms with E-state index in [0.29, 0.717) is 12.8 Å². The van der Waals surface area contributed by atoms with Gasteiger partial charge in [-0.2, -0.15) is 0 Å². The van der Waals surface area contributed by atoms with Gasteiger partial charge in [-0.15, -0.1) is 0 Å². The van der Waals surface area contributed by atoms with E-state index in [1.54, 1.807) is 0 Å². The van der Waals surface area contributed by atoms with E-state index in [0.717, 1.165) is 5.56 Å². The van der Waals surface area contributed by atoms with Crippen molar-refractivity contribution >= 4 is 11.9 Å². The molecule has 2 N–H and O–H groups in total. The quantitative estimate of drug-likeness (QED) is 0.817. The Morgan fingerprint density at radius 2 is 1.85 bits per heavy atom. The van der Waals surface area contributed by atoms with Crippen molar-refractivity contribution in [1.29, 1.82) is 0 Å². The van der Waals surface area contributed by atoms with E-state index in [2.05, 4.69) is 0 Å². The largest absolute Gasteiger partial charge is 0.481 e. The Bertz CT molecular complexity index is 470. The zero-order valence-corrected chi connectivity index (χ0v) is 11.1. The second-order valence-electron chi connectivity index (χ2n) is 5.11. The molecule has 0 amide bonds. The van der Waals surface area contributed by atoms with Gasteiger partial charge < -0.3 is 14.9 Å². The van der Waals surface area contributed by atoms with Crippen LogP contribution >= 0.6 is 0 Å². The van der Waals surface area contributed by atoms with Crippen LogP contribution in [-0.2, 0) is 20.9 Å². The first-order chi connectivity index (χ1) is 9.58. The molecule has 0 bridgehead atoms. The average molecular weight is 278 g/mol. The molecular weight excluding hydrogens is 260 g/mol. The molecule has 0 aliphatic heterocycles. The number of rotatable bonds is 4. The lowest BCUT2D eigenvalue weighted by molar-refractivity contribution is -0.162. The SMILES string of the molecule is O=C(OCc1ccccc1)C1CC[C@H](O)C[C@H]1C(=O)O. The molecule has 5 heteroatoms. The summed E-state index contributed by atoms with van der Waals surface area (Å²) in [6, 6.07) is 9.24. The molecule has 108 valence electrons. The maximum absolute atomic E-state index is 12.0. The van der Waals surface area contributed by atoms with Gasteiger partial charge in [-0.25, -0.2) is 0 Å². The third-order valence-electron chi connectivity index (χ3n) is 3.67. The number of carboxylic acids is 1. The molecule has 0 heterocycles. The topological polar surface area (TPSA) is 83.8 Å². The summed E-state index contributed by atoms with van der Waals surface area (Å²) in [5.41, 5.74) is 0.864. The van der Waals surface area contributed by atoms with E-state index in [1.165, 1.54) is 0 Å². The van der Waals surface area contributed by atoms with E-state index < -0.39 is 29.9 Å². The van der Waals surface area contributed by atoms with Crippen molar-refractivity contribution in [3.63, 3.8) is 0 Å². The summed E-state index contributed by atoms with van der Waals surface area (Å²) >= 11 is 0. The number of benzene rings is 1. The van der Waals surface area contributed by atoms with Crippen LogP contribution in [0.3, 0.4) is 0 Å². The van der Waals surface area contributed by atoms with E-state index in [-0.39, 0.29) is 13.0 Å². The Balaban J connectivity index is 1.95. The smallest absolute Gasteiger partial charge is 0.310 e. The number of esters is 1. The van der Waals surface area contributed by atoms with E-state index >= 15 is 0 Å². The number of carboxylic acid groups (broad SMARTS) is 1. The maximum atomic E-state index is 12.0. The average Bonchev–Trinajstić information content (AvgIpc) is 2.45. The molecule has 3 atom stereocenters. The van der Waals surface area contributed by atoms with Crippen LogP contribution in [0.5, 0.6) is 0 Å². The van der Waals surface area contributed by atoms with Crippen molar-refractivity contribution < 1.29 is 24.5 Å². The summed E-state index contributed by atoms with van der Waals surface area (Å²) in [6.45, 7) is 0.144. The number of hydrogen-bond acceptors (Lipinski definition) is 4. The van der Waals surface area contributed by atoms with Crippen LogP contribution in [0.2, 0.25) is 0 Å². The van der Waals surface area contributed by atoms with Crippen LogP contribution in [0.1, 0.15) is 24.8 Å². The normalized spacial score (nSPS) is 25.9. The fourth-order valence-corrected chi connectivity index (χ4v) is 2.54. The first kappa shape index (κ1) is 14.5. The van der Waals surface area contributed by atoms with Crippen molar-refractivity contribution in [3.05, 3.63) is 35.9 Å². The van der Waals surface area contributed by atoms with Crippen molar-refractivity contribution in [2.75, 3.05) is 0 Å². The number of aliphatic hydroxyl groups excluding tert-OH is 1. The summed E-state index contributed by atoms with van der Waals surface area (Å²) in [6.07, 6.45) is 0.260. The van der Waals surface area contributed by atoms with Crippen molar-refractivity contribution in [2.24, 2.45) is 11.8 Å². The minimum atomic E-state index is -1.05. The number of carbonyl (C=O) groups excluding carboxylic acids is 1. The van der Waals surface area contributed by atoms with Crippen LogP contribution in [-0.4, -0.2) is 28.3 Å². The van der Waals surface area contributed by atoms with Gasteiger partial charge in [-0.05, 0) is 24.8 Å². The lowest BCUT2D eigenvalue weighted by atomic mass is 9.78. The van der Waals surface area contributed by atoms with E-state index in [9.17, 15) is 14.7 Å². The minimum Gasteiger partial charge on any atom is -0.481 e. The summed E-state index contributed by atoms with van der Waals surface area (Å²) < 4.78 is 5.20. The molecule has 1 saturated carbocycles. The van der Waals surface area contributed by atoms with Crippen LogP contribution in [0.15, 0.2) is 30.3 Å². The first-order valence-corrected chi connectivity index (χ1v) is 6.69. The highest BCUT2D eigenvalue weighted by atomic mass is 16.5. The van der Waals surface area contributed by atoms with Gasteiger partial charge in [-0.3, -0.25) is 9.59 Å². The van der Waals surface area contributed by atoms with Gasteiger partial charge in [0.1, 0.15) is 6.61 Å². The molecule has 1 fully saturated rings. The molecule has 5 nitrogen and oxygen atoms in total. The number of aliphatic hydroxyl groups is 1. The zero-order valence-electron chi connectivity index (χ0n) is 11.1. The van der Waals surface area contributed by atoms with E-state index in [4.69, 9.17) is 9.84 Å². The maximum Gasteiger partial charge on any atom is 0.310 e. The molecule has 1 unspecified atom stereocenters. The predicted molar refractivity (Wildman–Crippen MR) is 70.7 cm³/mol. The van der Waals surface area contributed by atoms with Gasteiger partial charge in [-0.1, -0.05) is 30.3 Å². The third kappa shape index (κ3) is 3.57. The second-order valence-corrected chi connectivity index (χ2v) is 5.11. The van der Waals surface area contributed by atoms with Gasteiger partial charge in [0, 0.05) is 0 Å². The Kier molecular flexibility index (Phi) is 4.74. The van der Waals surface area contributed by atoms with Crippen molar-refractivity contribution in [3.8, 4) is 0 Å². The molecule has 0 aromatic heterocycles. The highest BCUT2D eigenvalue weighted by molar-refractivity contribution is 5.81. The van der Waals surface area contributed by atoms with Gasteiger partial charge in [0.2, 0.25) is 0 Å². The molecule has 1 aliphatic rings. The number of aliphatic carboxylic acids is 1. The number of hydrogen-bond donors (Lipinski definition) is 2. The van der Waals surface area contributed by atoms with Crippen molar-refractivity contribution in [2.45, 2.75) is 32.0 Å². The lowest BCUT2D eigenvalue weighted by Gasteiger charge is -2.29. The molecule has 1 aromatic carbocycles. The first-order valence-electron chi connectivity index (χ1n) is 6.69. The molecule has 0 radical (unpaired) electrons. The summed E-state index contributed by atoms with van der Waals surface area (Å²) in [5.74, 6) is -3.07. The third-order valence-corrected chi connectivity index (χ3v) is 3.67. The van der Waals surface area contributed by atoms with Gasteiger partial charge in [0.05, 0.1) is 17.9 Å². The predicted octanol–water partition coefficient (Wildman–Crippen LogP) is 1.59. The van der Waals surface area contributed by atoms with E-state index in [1.807, 2.05) is 30.3 Å². The molecular formula is C15H18O5. The molecule has 0 spiro atoms. The summed E-state index contributed by atoms with van der Waals surface area (Å²) in [7, 11) is 0. The molecule has 0 saturated heterocycles. The minimum absolute atomic E-state index is 0.112. The molecule has 20 heavy (non-hydrogen) atoms. The fraction of sp³-hybridized carbons (Fsp3) is 0.467. The zero-order chi connectivity index (χ0) is 14.5. The Labute approximate surface area is 117 Å². The van der Waals surface area contributed by atoms with Crippen LogP contribution < -0.4 is 0 Å². The van der Waals surface area contributed by atoms with Crippen LogP contribution in [0.4, 0.5) is 0 Å². The van der Waals surface area contributed by atoms with Gasteiger partial charge >= 0.3 is 11.9 Å². The van der Waals surface area contributed by atoms with Crippen molar-refractivity contribution in [1.82, 2.24) is 0 Å². The lowest BCUT2D eigenvalue weighted by Crippen LogP contribution is -2.38. The monoisotopic (exact) mass is 278 g/mol. The standard InChI is InChI=1S/C15H18O5/c16-11-6-7-12(13(8-11)14(17)18)15(19)20-9-10-4-2-1-3-5-10/h1-5,11-13,16H,6-9H2,(H,17,18)/t11-,12?,13+/m0/s1. The van der Waals surface area contributed by atoms with Gasteiger partial charge in [0.15, 0.2) is 0 Å². The summed E-state index contributed by atoms with van der Waals surface area (Å²) in [4.78, 5) is 23.2. The number of ether oxygens (including phenoxy) is 1.